The van der Waals surface area contributed by atoms with Gasteiger partial charge in [0.05, 0.1) is 25.1 Å². The van der Waals surface area contributed by atoms with E-state index in [9.17, 15) is 87.9 Å². The number of phenolic OH excluding ortho intramolecular Hbond substituents is 3. The highest BCUT2D eigenvalue weighted by Gasteiger charge is 2.37. The lowest BCUT2D eigenvalue weighted by Gasteiger charge is -2.30. The second kappa shape index (κ2) is 50.2. The predicted molar refractivity (Wildman–Crippen MR) is 444 cm³/mol. The summed E-state index contributed by atoms with van der Waals surface area (Å²) < 4.78 is 5.40. The number of benzene rings is 4. The Labute approximate surface area is 691 Å². The minimum absolute atomic E-state index is 0.00271. The van der Waals surface area contributed by atoms with Crippen LogP contribution in [0.2, 0.25) is 0 Å². The number of aliphatic carboxylic acids is 1. The molecule has 2 aliphatic rings. The van der Waals surface area contributed by atoms with E-state index in [4.69, 9.17) is 10.5 Å². The molecule has 10 atom stereocenters. The smallest absolute Gasteiger partial charge is 0.326 e. The first kappa shape index (κ1) is 96.2. The van der Waals surface area contributed by atoms with Gasteiger partial charge < -0.3 is 93.2 Å². The number of aromatic nitrogens is 1. The molecular weight excluding hydrogens is 1520 g/mol. The van der Waals surface area contributed by atoms with Crippen LogP contribution >= 0.6 is 0 Å². The highest BCUT2D eigenvalue weighted by atomic mass is 16.6. The third-order valence-corrected chi connectivity index (χ3v) is 21.0. The quantitative estimate of drug-likeness (QED) is 0.0180. The zero-order chi connectivity index (χ0) is 86.3. The van der Waals surface area contributed by atoms with E-state index in [1.165, 1.54) is 65.6 Å². The summed E-state index contributed by atoms with van der Waals surface area (Å²) in [5.41, 5.74) is 8.07. The summed E-state index contributed by atoms with van der Waals surface area (Å²) in [5, 5.41) is 74.0. The van der Waals surface area contributed by atoms with Crippen molar-refractivity contribution in [3.05, 3.63) is 126 Å². The standard InChI is InChI=1S/C66H86N10O15.C22H39NO4/c1-40(2)30-55-65(89)76(37-59(83)70-56(66(90)91)33-43-19-25-49(81)26-20-43)29-11-7-5-3-4-6-8-12-44(35-68-46(38-77)31-41-15-21-47(79)22-16-41)60(84)72-54(34-45-36-69-51-14-10-9-13-50(45)51)63(87)75-57(39-78)64(88)71-52(27-28-58(67)82)61(85)73-53(62(86)74-55)32-42-17-23-48(80)24-18-42;1-5-19(24)16-18-11-7-9-15-23-14-8-6-10-17(21(18)26)12-13-20(25)27-22(2,3)4/h9-10,13-26,36,38,40,44,46,52-57,68-69,78-81H,3-8,11-12,27-35,37,39H2,1-2H3,(H2,67,82)(H,70,83)(H,71,88)(H,72,84)(H,73,85)(H,74,86)(H,75,87)(H,90,91);17-18,23H,5-16H2,1-4H3/t44-,46+,52+,53?,54+,55+,56+,57?;/m1./s1. The first-order chi connectivity index (χ1) is 56.3. The number of hydrogen-bond donors (Lipinski definition) is 15. The number of H-pyrrole nitrogens is 1. The minimum atomic E-state index is -1.77. The van der Waals surface area contributed by atoms with Gasteiger partial charge in [0, 0.05) is 87.0 Å². The van der Waals surface area contributed by atoms with Crippen molar-refractivity contribution in [2.24, 2.45) is 29.4 Å². The predicted octanol–water partition coefficient (Wildman–Crippen LogP) is 6.81. The number of aldehydes is 1. The molecule has 0 spiro atoms. The number of fused-ring (bicyclic) bond motifs is 1. The Morgan fingerprint density at radius 2 is 1.12 bits per heavy atom. The number of nitrogens with two attached hydrogens (primary N) is 1. The molecule has 2 saturated heterocycles. The summed E-state index contributed by atoms with van der Waals surface area (Å²) >= 11 is 0. The van der Waals surface area contributed by atoms with Crippen molar-refractivity contribution in [2.75, 3.05) is 39.3 Å². The van der Waals surface area contributed by atoms with E-state index in [1.807, 2.05) is 45.9 Å². The zero-order valence-corrected chi connectivity index (χ0v) is 69.1. The number of primary amides is 1. The number of carbonyl (C=O) groups excluding carboxylic acids is 12. The van der Waals surface area contributed by atoms with E-state index in [0.717, 1.165) is 87.2 Å². The number of carboxylic acid groups (broad SMARTS) is 1. The fourth-order valence-electron chi connectivity index (χ4n) is 14.5. The van der Waals surface area contributed by atoms with Crippen LogP contribution in [0.1, 0.15) is 199 Å². The molecule has 0 saturated carbocycles. The van der Waals surface area contributed by atoms with Crippen molar-refractivity contribution in [3.8, 4) is 17.2 Å². The Bertz CT molecular complexity index is 4070. The summed E-state index contributed by atoms with van der Waals surface area (Å²) in [6, 6.07) is 15.3. The lowest BCUT2D eigenvalue weighted by atomic mass is 9.81. The van der Waals surface area contributed by atoms with Gasteiger partial charge in [0.1, 0.15) is 77.0 Å². The van der Waals surface area contributed by atoms with E-state index in [1.54, 1.807) is 38.2 Å². The number of Topliss-reactive ketones (excluding diaryl/α,β-unsaturated/α-hetero) is 2. The van der Waals surface area contributed by atoms with Crippen molar-refractivity contribution in [1.29, 1.82) is 0 Å². The number of ether oxygens (including phenoxy) is 1. The molecule has 30 heteroatoms. The molecule has 8 amide bonds. The van der Waals surface area contributed by atoms with E-state index < -0.39 is 133 Å². The van der Waals surface area contributed by atoms with Crippen molar-refractivity contribution < 1.29 is 92.6 Å². The number of aliphatic hydroxyl groups excluding tert-OH is 1. The molecule has 646 valence electrons. The first-order valence-corrected chi connectivity index (χ1v) is 41.6. The molecule has 7 rings (SSSR count). The number of carboxylic acids is 1. The zero-order valence-electron chi connectivity index (χ0n) is 69.1. The SMILES string of the molecule is CC(C)C[C@@H]1NC(=O)C(Cc2ccc(O)cc2)NC(=O)[C@H](CCC(N)=O)NC(=O)C(CO)NC(=O)[C@H](Cc2c[nH]c3ccccc23)NC(=O)[C@@H](CN[C@H](C=O)Cc2ccc(O)cc2)CCCCCCCCCN(CC(=O)N[C@@H](Cc2ccc(O)cc2)C(=O)O)C1=O.CCC(=O)CC1CCCCNCCCCC(CCC(=O)OC(C)(C)C)C1=O. The van der Waals surface area contributed by atoms with Gasteiger partial charge in [-0.05, 0) is 169 Å². The van der Waals surface area contributed by atoms with E-state index >= 15 is 0 Å². The molecule has 3 heterocycles. The van der Waals surface area contributed by atoms with Gasteiger partial charge in [-0.25, -0.2) is 4.79 Å². The number of para-hydroxylation sites is 1. The summed E-state index contributed by atoms with van der Waals surface area (Å²) in [5.74, 6) is -9.58. The highest BCUT2D eigenvalue weighted by Crippen LogP contribution is 2.28. The van der Waals surface area contributed by atoms with Gasteiger partial charge in [0.15, 0.2) is 0 Å². The second-order valence-corrected chi connectivity index (χ2v) is 32.4. The highest BCUT2D eigenvalue weighted by molar-refractivity contribution is 5.98. The van der Waals surface area contributed by atoms with Crippen molar-refractivity contribution >= 4 is 88.0 Å². The van der Waals surface area contributed by atoms with Gasteiger partial charge in [0.2, 0.25) is 47.3 Å². The number of hydrogen-bond acceptors (Lipinski definition) is 20. The molecule has 4 aromatic carbocycles. The molecule has 0 aliphatic carbocycles. The Hall–Kier alpha value is -10.6. The average Bonchev–Trinajstić information content (AvgIpc) is 1.62. The maximum atomic E-state index is 14.9. The van der Waals surface area contributed by atoms with Crippen LogP contribution in [0.4, 0.5) is 0 Å². The van der Waals surface area contributed by atoms with Gasteiger partial charge in [-0.1, -0.05) is 127 Å². The van der Waals surface area contributed by atoms with Crippen LogP contribution in [-0.2, 0) is 92.7 Å². The van der Waals surface area contributed by atoms with Crippen LogP contribution in [0.15, 0.2) is 103 Å². The summed E-state index contributed by atoms with van der Waals surface area (Å²) in [6.07, 6.45) is 13.1. The molecule has 16 N–H and O–H groups in total. The topological polar surface area (TPSA) is 474 Å². The Kier molecular flexibility index (Phi) is 41.0. The van der Waals surface area contributed by atoms with Crippen LogP contribution in [0.25, 0.3) is 10.9 Å². The van der Waals surface area contributed by atoms with Gasteiger partial charge in [0.25, 0.3) is 0 Å². The van der Waals surface area contributed by atoms with Crippen molar-refractivity contribution in [1.82, 2.24) is 52.4 Å². The number of amides is 8. The van der Waals surface area contributed by atoms with Crippen LogP contribution in [0, 0.1) is 23.7 Å². The molecule has 1 aromatic heterocycles. The second-order valence-electron chi connectivity index (χ2n) is 32.4. The first-order valence-electron chi connectivity index (χ1n) is 41.6. The monoisotopic (exact) mass is 1640 g/mol. The normalized spacial score (nSPS) is 21.2. The number of esters is 1. The number of nitrogens with zero attached hydrogens (tertiary/aromatic N) is 1. The van der Waals surface area contributed by atoms with E-state index in [0.29, 0.717) is 74.5 Å². The lowest BCUT2D eigenvalue weighted by molar-refractivity contribution is -0.155. The van der Waals surface area contributed by atoms with Gasteiger partial charge in [-0.3, -0.25) is 52.7 Å². The Morgan fingerprint density at radius 1 is 0.602 bits per heavy atom. The maximum Gasteiger partial charge on any atom is 0.326 e. The van der Waals surface area contributed by atoms with Crippen LogP contribution < -0.4 is 48.3 Å². The molecule has 118 heavy (non-hydrogen) atoms. The molecule has 30 nitrogen and oxygen atoms in total. The van der Waals surface area contributed by atoms with Crippen LogP contribution in [0.5, 0.6) is 17.2 Å². The molecule has 4 unspecified atom stereocenters. The molecule has 0 radical (unpaired) electrons. The lowest BCUT2D eigenvalue weighted by Crippen LogP contribution is -2.60. The van der Waals surface area contributed by atoms with Crippen molar-refractivity contribution in [3.63, 3.8) is 0 Å². The van der Waals surface area contributed by atoms with Crippen LogP contribution in [0.3, 0.4) is 0 Å². The number of nitrogens with one attached hydrogen (secondary N) is 9. The summed E-state index contributed by atoms with van der Waals surface area (Å²) in [6.45, 7) is 11.4. The summed E-state index contributed by atoms with van der Waals surface area (Å²) in [4.78, 5) is 181. The molecule has 0 bridgehead atoms. The number of rotatable bonds is 28. The number of phenols is 3. The maximum absolute atomic E-state index is 14.9. The van der Waals surface area contributed by atoms with Gasteiger partial charge in [-0.15, -0.1) is 0 Å². The average molecular weight is 1640 g/mol. The fourth-order valence-corrected chi connectivity index (χ4v) is 14.5. The summed E-state index contributed by atoms with van der Waals surface area (Å²) in [7, 11) is 0. The minimum Gasteiger partial charge on any atom is -0.508 e. The molecule has 5 aromatic rings. The van der Waals surface area contributed by atoms with Crippen molar-refractivity contribution in [2.45, 2.75) is 250 Å². The molecular formula is C88H125N11O19. The number of carbonyl (C=O) groups is 13. The number of ketones is 2. The number of aromatic hydroxyl groups is 3. The Morgan fingerprint density at radius 3 is 1.70 bits per heavy atom. The van der Waals surface area contributed by atoms with Gasteiger partial charge in [-0.2, -0.15) is 0 Å². The van der Waals surface area contributed by atoms with Gasteiger partial charge >= 0.3 is 11.9 Å². The number of aliphatic hydroxyl groups is 1. The third-order valence-electron chi connectivity index (χ3n) is 21.0. The van der Waals surface area contributed by atoms with E-state index in [2.05, 4.69) is 47.5 Å². The Balaban J connectivity index is 0.000000677. The number of aromatic amines is 1. The molecule has 2 fully saturated rings. The van der Waals surface area contributed by atoms with Crippen LogP contribution in [-0.4, -0.2) is 200 Å². The molecule has 2 aliphatic heterocycles. The third kappa shape index (κ3) is 34.9. The fraction of sp³-hybridized carbons (Fsp3) is 0.557. The van der Waals surface area contributed by atoms with E-state index in [-0.39, 0.29) is 104 Å². The largest absolute Gasteiger partial charge is 0.508 e.